The molecule has 1 heterocycles. The van der Waals surface area contributed by atoms with E-state index in [0.29, 0.717) is 6.20 Å². The average Bonchev–Trinajstić information content (AvgIpc) is 2.31. The van der Waals surface area contributed by atoms with Gasteiger partial charge < -0.3 is 4.74 Å². The molecule has 0 fully saturated rings. The van der Waals surface area contributed by atoms with Crippen LogP contribution in [-0.4, -0.2) is 17.6 Å². The zero-order chi connectivity index (χ0) is 13.7. The molecular weight excluding hydrogens is 249 g/mol. The summed E-state index contributed by atoms with van der Waals surface area (Å²) in [5, 5.41) is 8.66. The summed E-state index contributed by atoms with van der Waals surface area (Å²) in [4.78, 5) is 14.4. The predicted molar refractivity (Wildman–Crippen MR) is 54.2 cm³/mol. The Morgan fingerprint density at radius 3 is 2.78 bits per heavy atom. The maximum absolute atomic E-state index is 13.4. The van der Waals surface area contributed by atoms with E-state index in [4.69, 9.17) is 5.26 Å². The molecule has 4 nitrogen and oxygen atoms in total. The van der Waals surface area contributed by atoms with Crippen molar-refractivity contribution in [2.24, 2.45) is 0 Å². The van der Waals surface area contributed by atoms with Crippen molar-refractivity contribution in [1.29, 1.82) is 5.26 Å². The van der Waals surface area contributed by atoms with E-state index in [0.717, 1.165) is 0 Å². The van der Waals surface area contributed by atoms with Crippen molar-refractivity contribution in [1.82, 2.24) is 4.98 Å². The van der Waals surface area contributed by atoms with Gasteiger partial charge in [-0.15, -0.1) is 0 Å². The third kappa shape index (κ3) is 2.97. The zero-order valence-electron chi connectivity index (χ0n) is 9.41. The van der Waals surface area contributed by atoms with E-state index in [1.165, 1.54) is 13.0 Å². The number of nitrogens with zero attached hydrogens (tertiary/aromatic N) is 2. The van der Waals surface area contributed by atoms with Gasteiger partial charge in [-0.25, -0.2) is 13.8 Å². The summed E-state index contributed by atoms with van der Waals surface area (Å²) in [5.41, 5.74) is -1.86. The first-order valence-corrected chi connectivity index (χ1v) is 5.02. The minimum atomic E-state index is -3.07. The molecule has 0 aromatic carbocycles. The van der Waals surface area contributed by atoms with E-state index in [9.17, 15) is 18.0 Å². The van der Waals surface area contributed by atoms with Gasteiger partial charge in [-0.1, -0.05) is 0 Å². The molecule has 0 aliphatic rings. The Hall–Kier alpha value is -2.10. The number of pyridine rings is 1. The Kier molecular flexibility index (Phi) is 4.66. The summed E-state index contributed by atoms with van der Waals surface area (Å²) in [5.74, 6) is -2.05. The summed E-state index contributed by atoms with van der Waals surface area (Å²) >= 11 is 0. The minimum absolute atomic E-state index is 0.0514. The molecule has 0 atom stereocenters. The summed E-state index contributed by atoms with van der Waals surface area (Å²) in [6, 6.07) is 1.49. The van der Waals surface area contributed by atoms with Crippen LogP contribution in [0.4, 0.5) is 13.2 Å². The molecule has 1 aromatic rings. The maximum atomic E-state index is 13.4. The van der Waals surface area contributed by atoms with Crippen LogP contribution in [0.25, 0.3) is 0 Å². The second-order valence-corrected chi connectivity index (χ2v) is 3.25. The number of aromatic nitrogens is 1. The molecule has 7 heteroatoms. The van der Waals surface area contributed by atoms with Gasteiger partial charge in [0.25, 0.3) is 6.43 Å². The lowest BCUT2D eigenvalue weighted by Crippen LogP contribution is -2.13. The second-order valence-electron chi connectivity index (χ2n) is 3.25. The lowest BCUT2D eigenvalue weighted by atomic mass is 10.0. The first-order valence-electron chi connectivity index (χ1n) is 5.02. The van der Waals surface area contributed by atoms with Crippen molar-refractivity contribution in [3.63, 3.8) is 0 Å². The lowest BCUT2D eigenvalue weighted by Gasteiger charge is -2.10. The van der Waals surface area contributed by atoms with Crippen LogP contribution in [0.15, 0.2) is 6.20 Å². The van der Waals surface area contributed by atoms with Gasteiger partial charge in [-0.3, -0.25) is 4.79 Å². The number of halogens is 3. The number of esters is 1. The van der Waals surface area contributed by atoms with Crippen LogP contribution >= 0.6 is 0 Å². The van der Waals surface area contributed by atoms with Gasteiger partial charge in [0.15, 0.2) is 0 Å². The summed E-state index contributed by atoms with van der Waals surface area (Å²) in [6.45, 7) is 1.59. The molecule has 0 radical (unpaired) electrons. The molecule has 0 aliphatic carbocycles. The monoisotopic (exact) mass is 258 g/mol. The van der Waals surface area contributed by atoms with E-state index >= 15 is 0 Å². The summed E-state index contributed by atoms with van der Waals surface area (Å²) in [7, 11) is 0. The highest BCUT2D eigenvalue weighted by Crippen LogP contribution is 2.27. The van der Waals surface area contributed by atoms with Crippen LogP contribution in [0, 0.1) is 17.3 Å². The number of carbonyl (C=O) groups excluding carboxylic acids is 1. The molecule has 18 heavy (non-hydrogen) atoms. The van der Waals surface area contributed by atoms with Crippen LogP contribution in [0.2, 0.25) is 0 Å². The molecule has 0 saturated carbocycles. The molecule has 0 spiro atoms. The molecule has 0 amide bonds. The Labute approximate surface area is 101 Å². The van der Waals surface area contributed by atoms with E-state index in [2.05, 4.69) is 9.72 Å². The number of alkyl halides is 2. The number of rotatable bonds is 4. The fourth-order valence-electron chi connectivity index (χ4n) is 1.41. The van der Waals surface area contributed by atoms with E-state index in [1.807, 2.05) is 0 Å². The maximum Gasteiger partial charge on any atom is 0.310 e. The smallest absolute Gasteiger partial charge is 0.310 e. The fourth-order valence-corrected chi connectivity index (χ4v) is 1.41. The van der Waals surface area contributed by atoms with Gasteiger partial charge in [0.1, 0.15) is 6.07 Å². The van der Waals surface area contributed by atoms with Crippen LogP contribution < -0.4 is 0 Å². The van der Waals surface area contributed by atoms with Gasteiger partial charge in [0.05, 0.1) is 18.6 Å². The number of nitriles is 1. The standard InChI is InChI=1S/C11H9F3N2O2/c1-2-18-8(17)3-7-9(10(12)13)6(4-15)5-16-11(7)14/h5,10H,2-3H2,1H3. The number of hydrogen-bond donors (Lipinski definition) is 0. The molecule has 0 unspecified atom stereocenters. The van der Waals surface area contributed by atoms with Crippen molar-refractivity contribution in [3.05, 3.63) is 28.8 Å². The highest BCUT2D eigenvalue weighted by Gasteiger charge is 2.24. The Morgan fingerprint density at radius 2 is 2.28 bits per heavy atom. The highest BCUT2D eigenvalue weighted by atomic mass is 19.3. The lowest BCUT2D eigenvalue weighted by molar-refractivity contribution is -0.142. The Morgan fingerprint density at radius 1 is 1.61 bits per heavy atom. The van der Waals surface area contributed by atoms with Crippen molar-refractivity contribution in [3.8, 4) is 6.07 Å². The molecular formula is C11H9F3N2O2. The second kappa shape index (κ2) is 6.00. The quantitative estimate of drug-likeness (QED) is 0.613. The first kappa shape index (κ1) is 14.0. The topological polar surface area (TPSA) is 63.0 Å². The SMILES string of the molecule is CCOC(=O)Cc1c(F)ncc(C#N)c1C(F)F. The van der Waals surface area contributed by atoms with Crippen molar-refractivity contribution in [2.75, 3.05) is 6.61 Å². The number of hydrogen-bond acceptors (Lipinski definition) is 4. The molecule has 1 aromatic heterocycles. The Bertz CT molecular complexity index is 498. The van der Waals surface area contributed by atoms with Crippen LogP contribution in [0.1, 0.15) is 30.0 Å². The van der Waals surface area contributed by atoms with Gasteiger partial charge in [-0.05, 0) is 6.92 Å². The van der Waals surface area contributed by atoms with Crippen LogP contribution in [0.5, 0.6) is 0 Å². The third-order valence-electron chi connectivity index (χ3n) is 2.14. The number of ether oxygens (including phenoxy) is 1. The Balaban J connectivity index is 3.24. The van der Waals surface area contributed by atoms with Gasteiger partial charge >= 0.3 is 5.97 Å². The van der Waals surface area contributed by atoms with Crippen molar-refractivity contribution < 1.29 is 22.7 Å². The molecule has 0 bridgehead atoms. The van der Waals surface area contributed by atoms with E-state index in [1.54, 1.807) is 0 Å². The fraction of sp³-hybridized carbons (Fsp3) is 0.364. The number of carbonyl (C=O) groups is 1. The molecule has 96 valence electrons. The minimum Gasteiger partial charge on any atom is -0.466 e. The van der Waals surface area contributed by atoms with Crippen molar-refractivity contribution in [2.45, 2.75) is 19.8 Å². The van der Waals surface area contributed by atoms with Gasteiger partial charge in [0.2, 0.25) is 5.95 Å². The van der Waals surface area contributed by atoms with Crippen LogP contribution in [0.3, 0.4) is 0 Å². The van der Waals surface area contributed by atoms with Gasteiger partial charge in [-0.2, -0.15) is 9.65 Å². The molecule has 0 aliphatic heterocycles. The first-order chi connectivity index (χ1) is 8.51. The molecule has 0 saturated heterocycles. The highest BCUT2D eigenvalue weighted by molar-refractivity contribution is 5.73. The van der Waals surface area contributed by atoms with Gasteiger partial charge in [0, 0.05) is 17.3 Å². The third-order valence-corrected chi connectivity index (χ3v) is 2.14. The van der Waals surface area contributed by atoms with E-state index < -0.39 is 41.5 Å². The zero-order valence-corrected chi connectivity index (χ0v) is 9.41. The summed E-state index contributed by atoms with van der Waals surface area (Å²) in [6.07, 6.45) is -3.03. The molecule has 1 rings (SSSR count). The predicted octanol–water partition coefficient (Wildman–Crippen LogP) is 2.14. The average molecular weight is 258 g/mol. The van der Waals surface area contributed by atoms with Crippen LogP contribution in [-0.2, 0) is 16.0 Å². The summed E-state index contributed by atoms with van der Waals surface area (Å²) < 4.78 is 43.5. The molecule has 0 N–H and O–H groups in total. The normalized spacial score (nSPS) is 10.2. The van der Waals surface area contributed by atoms with Crippen molar-refractivity contribution >= 4 is 5.97 Å². The van der Waals surface area contributed by atoms with E-state index in [-0.39, 0.29) is 6.61 Å². The largest absolute Gasteiger partial charge is 0.466 e.